The lowest BCUT2D eigenvalue weighted by atomic mass is 10.1. The van der Waals surface area contributed by atoms with Gasteiger partial charge in [0.2, 0.25) is 0 Å². The van der Waals surface area contributed by atoms with Gasteiger partial charge in [0.15, 0.2) is 0 Å². The molecule has 0 aliphatic carbocycles. The Balaban J connectivity index is 1.47. The summed E-state index contributed by atoms with van der Waals surface area (Å²) in [5.41, 5.74) is 3.20. The first-order chi connectivity index (χ1) is 15.0. The average molecular weight is 440 g/mol. The van der Waals surface area contributed by atoms with Gasteiger partial charge >= 0.3 is 0 Å². The molecule has 3 aromatic rings. The van der Waals surface area contributed by atoms with Crippen molar-refractivity contribution in [3.8, 4) is 0 Å². The Hall–Kier alpha value is -2.87. The van der Waals surface area contributed by atoms with Crippen LogP contribution in [-0.4, -0.2) is 51.0 Å². The van der Waals surface area contributed by atoms with E-state index in [2.05, 4.69) is 20.3 Å². The predicted molar refractivity (Wildman–Crippen MR) is 120 cm³/mol. The van der Waals surface area contributed by atoms with Crippen LogP contribution in [0, 0.1) is 0 Å². The van der Waals surface area contributed by atoms with Crippen LogP contribution in [0.15, 0.2) is 61.2 Å². The van der Waals surface area contributed by atoms with E-state index in [1.807, 2.05) is 31.2 Å². The Morgan fingerprint density at radius 3 is 2.55 bits per heavy atom. The minimum Gasteiger partial charge on any atom is -0.387 e. The van der Waals surface area contributed by atoms with Gasteiger partial charge in [0, 0.05) is 43.3 Å². The fourth-order valence-electron chi connectivity index (χ4n) is 3.09. The molecule has 3 rings (SSSR count). The SMILES string of the molecule is CC(c1cnccn1)N(C)C(=O)c1ccc(CCNCC(O)c2ccc(Cl)nc2)cc1. The molecule has 2 aromatic heterocycles. The zero-order valence-electron chi connectivity index (χ0n) is 17.6. The molecular weight excluding hydrogens is 414 g/mol. The number of amides is 1. The summed E-state index contributed by atoms with van der Waals surface area (Å²) < 4.78 is 0. The molecule has 162 valence electrons. The van der Waals surface area contributed by atoms with Gasteiger partial charge in [0.25, 0.3) is 5.91 Å². The van der Waals surface area contributed by atoms with Gasteiger partial charge in [-0.15, -0.1) is 0 Å². The van der Waals surface area contributed by atoms with Gasteiger partial charge in [-0.1, -0.05) is 29.8 Å². The van der Waals surface area contributed by atoms with Crippen molar-refractivity contribution in [2.45, 2.75) is 25.5 Å². The number of hydrogen-bond donors (Lipinski definition) is 2. The molecule has 8 heteroatoms. The number of carbonyl (C=O) groups is 1. The number of nitrogens with one attached hydrogen (secondary N) is 1. The first-order valence-corrected chi connectivity index (χ1v) is 10.5. The minimum atomic E-state index is -0.642. The van der Waals surface area contributed by atoms with Crippen LogP contribution < -0.4 is 5.32 Å². The van der Waals surface area contributed by atoms with Crippen LogP contribution in [0.25, 0.3) is 0 Å². The van der Waals surface area contributed by atoms with Crippen LogP contribution in [0.5, 0.6) is 0 Å². The topological polar surface area (TPSA) is 91.2 Å². The van der Waals surface area contributed by atoms with Crippen molar-refractivity contribution in [3.63, 3.8) is 0 Å². The van der Waals surface area contributed by atoms with Crippen LogP contribution in [0.2, 0.25) is 5.15 Å². The summed E-state index contributed by atoms with van der Waals surface area (Å²) in [4.78, 5) is 26.8. The summed E-state index contributed by atoms with van der Waals surface area (Å²) in [5, 5.41) is 13.8. The number of pyridine rings is 1. The third kappa shape index (κ3) is 6.30. The second kappa shape index (κ2) is 10.9. The smallest absolute Gasteiger partial charge is 0.254 e. The van der Waals surface area contributed by atoms with Gasteiger partial charge in [-0.05, 0) is 43.7 Å². The van der Waals surface area contributed by atoms with Crippen molar-refractivity contribution in [2.24, 2.45) is 0 Å². The number of nitrogens with zero attached hydrogens (tertiary/aromatic N) is 4. The molecule has 31 heavy (non-hydrogen) atoms. The second-order valence-corrected chi connectivity index (χ2v) is 7.69. The zero-order chi connectivity index (χ0) is 22.2. The van der Waals surface area contributed by atoms with Crippen LogP contribution in [-0.2, 0) is 6.42 Å². The van der Waals surface area contributed by atoms with Gasteiger partial charge in [0.05, 0.1) is 24.0 Å². The van der Waals surface area contributed by atoms with E-state index in [-0.39, 0.29) is 11.9 Å². The molecule has 0 spiro atoms. The molecule has 1 amide bonds. The van der Waals surface area contributed by atoms with E-state index < -0.39 is 6.10 Å². The molecule has 0 fully saturated rings. The number of benzene rings is 1. The standard InChI is InChI=1S/C23H26ClN5O2/c1-16(20-14-26-11-12-27-20)29(2)23(31)18-5-3-17(4-6-18)9-10-25-15-21(30)19-7-8-22(24)28-13-19/h3-8,11-14,16,21,25,30H,9-10,15H2,1-2H3. The maximum atomic E-state index is 12.8. The van der Waals surface area contributed by atoms with Crippen molar-refractivity contribution < 1.29 is 9.90 Å². The van der Waals surface area contributed by atoms with E-state index in [0.717, 1.165) is 23.2 Å². The van der Waals surface area contributed by atoms with Crippen LogP contribution >= 0.6 is 11.6 Å². The maximum Gasteiger partial charge on any atom is 0.254 e. The fraction of sp³-hybridized carbons (Fsp3) is 0.304. The molecule has 0 radical (unpaired) electrons. The quantitative estimate of drug-likeness (QED) is 0.393. The van der Waals surface area contributed by atoms with Gasteiger partial charge in [-0.2, -0.15) is 0 Å². The first-order valence-electron chi connectivity index (χ1n) is 10.1. The molecule has 0 aliphatic rings. The number of aliphatic hydroxyl groups excluding tert-OH is 1. The highest BCUT2D eigenvalue weighted by Crippen LogP contribution is 2.18. The zero-order valence-corrected chi connectivity index (χ0v) is 18.3. The molecule has 2 unspecified atom stereocenters. The summed E-state index contributed by atoms with van der Waals surface area (Å²) in [5.74, 6) is -0.0671. The number of halogens is 1. The summed E-state index contributed by atoms with van der Waals surface area (Å²) >= 11 is 5.76. The summed E-state index contributed by atoms with van der Waals surface area (Å²) in [7, 11) is 1.76. The molecule has 2 atom stereocenters. The summed E-state index contributed by atoms with van der Waals surface area (Å²) in [6, 6.07) is 10.8. The molecule has 0 bridgehead atoms. The van der Waals surface area contributed by atoms with Crippen molar-refractivity contribution in [2.75, 3.05) is 20.1 Å². The van der Waals surface area contributed by atoms with Crippen molar-refractivity contribution in [1.29, 1.82) is 0 Å². The molecule has 2 heterocycles. The lowest BCUT2D eigenvalue weighted by molar-refractivity contribution is 0.0739. The Morgan fingerprint density at radius 2 is 1.90 bits per heavy atom. The molecule has 1 aromatic carbocycles. The van der Waals surface area contributed by atoms with Crippen molar-refractivity contribution in [1.82, 2.24) is 25.2 Å². The maximum absolute atomic E-state index is 12.8. The number of aliphatic hydroxyl groups is 1. The Labute approximate surface area is 187 Å². The van der Waals surface area contributed by atoms with E-state index in [4.69, 9.17) is 11.6 Å². The van der Waals surface area contributed by atoms with E-state index in [1.54, 1.807) is 48.9 Å². The Bertz CT molecular complexity index is 968. The first kappa shape index (κ1) is 22.8. The van der Waals surface area contributed by atoms with Crippen LogP contribution in [0.4, 0.5) is 0 Å². The molecular formula is C23H26ClN5O2. The van der Waals surface area contributed by atoms with E-state index in [9.17, 15) is 9.90 Å². The Morgan fingerprint density at radius 1 is 1.13 bits per heavy atom. The molecule has 2 N–H and O–H groups in total. The van der Waals surface area contributed by atoms with Gasteiger partial charge < -0.3 is 15.3 Å². The number of hydrogen-bond acceptors (Lipinski definition) is 6. The van der Waals surface area contributed by atoms with Gasteiger partial charge in [-0.3, -0.25) is 14.8 Å². The number of carbonyl (C=O) groups excluding carboxylic acids is 1. The van der Waals surface area contributed by atoms with Crippen molar-refractivity contribution >= 4 is 17.5 Å². The van der Waals surface area contributed by atoms with E-state index in [1.165, 1.54) is 0 Å². The Kier molecular flexibility index (Phi) is 8.06. The van der Waals surface area contributed by atoms with Gasteiger partial charge in [0.1, 0.15) is 5.15 Å². The molecule has 0 saturated carbocycles. The fourth-order valence-corrected chi connectivity index (χ4v) is 3.20. The van der Waals surface area contributed by atoms with E-state index in [0.29, 0.717) is 23.8 Å². The van der Waals surface area contributed by atoms with Gasteiger partial charge in [-0.25, -0.2) is 4.98 Å². The highest BCUT2D eigenvalue weighted by molar-refractivity contribution is 6.29. The molecule has 0 saturated heterocycles. The summed E-state index contributed by atoms with van der Waals surface area (Å²) in [6.45, 7) is 3.05. The molecule has 7 nitrogen and oxygen atoms in total. The van der Waals surface area contributed by atoms with E-state index >= 15 is 0 Å². The third-order valence-corrected chi connectivity index (χ3v) is 5.40. The highest BCUT2D eigenvalue weighted by Gasteiger charge is 2.20. The average Bonchev–Trinajstić information content (AvgIpc) is 2.81. The normalized spacial score (nSPS) is 12.9. The van der Waals surface area contributed by atoms with Crippen molar-refractivity contribution in [3.05, 3.63) is 88.7 Å². The number of rotatable bonds is 9. The lowest BCUT2D eigenvalue weighted by Gasteiger charge is -2.24. The minimum absolute atomic E-state index is 0.0671. The highest BCUT2D eigenvalue weighted by atomic mass is 35.5. The monoisotopic (exact) mass is 439 g/mol. The lowest BCUT2D eigenvalue weighted by Crippen LogP contribution is -2.30. The molecule has 0 aliphatic heterocycles. The summed E-state index contributed by atoms with van der Waals surface area (Å²) in [6.07, 6.45) is 6.62. The van der Waals surface area contributed by atoms with Crippen LogP contribution in [0.1, 0.15) is 46.2 Å². The van der Waals surface area contributed by atoms with Crippen LogP contribution in [0.3, 0.4) is 0 Å². The number of aromatic nitrogens is 3. The third-order valence-electron chi connectivity index (χ3n) is 5.18. The largest absolute Gasteiger partial charge is 0.387 e. The second-order valence-electron chi connectivity index (χ2n) is 7.30. The predicted octanol–water partition coefficient (Wildman–Crippen LogP) is 3.22.